The number of hydrogen-bond donors (Lipinski definition) is 0. The SMILES string of the molecule is CCCCSc1oc(-c2ccco2)nc1S(=O)(=O)c1ccc(F)cc1. The van der Waals surface area contributed by atoms with Gasteiger partial charge in [0.15, 0.2) is 5.76 Å². The Hall–Kier alpha value is -2.06. The van der Waals surface area contributed by atoms with Gasteiger partial charge in [-0.15, -0.1) is 0 Å². The van der Waals surface area contributed by atoms with Gasteiger partial charge in [-0.2, -0.15) is 4.98 Å². The summed E-state index contributed by atoms with van der Waals surface area (Å²) in [6.45, 7) is 2.05. The third kappa shape index (κ3) is 3.80. The van der Waals surface area contributed by atoms with E-state index in [9.17, 15) is 12.8 Å². The van der Waals surface area contributed by atoms with Crippen LogP contribution < -0.4 is 0 Å². The minimum Gasteiger partial charge on any atom is -0.459 e. The van der Waals surface area contributed by atoms with Crippen molar-refractivity contribution >= 4 is 21.6 Å². The summed E-state index contributed by atoms with van der Waals surface area (Å²) in [5, 5.41) is 0.0378. The molecule has 0 saturated carbocycles. The van der Waals surface area contributed by atoms with Crippen LogP contribution in [0.1, 0.15) is 19.8 Å². The second-order valence-corrected chi connectivity index (χ2v) is 8.18. The van der Waals surface area contributed by atoms with E-state index in [1.165, 1.54) is 30.2 Å². The highest BCUT2D eigenvalue weighted by atomic mass is 32.2. The number of rotatable bonds is 7. The predicted octanol–water partition coefficient (Wildman–Crippen LogP) is 4.80. The Morgan fingerprint density at radius 2 is 1.96 bits per heavy atom. The van der Waals surface area contributed by atoms with E-state index in [0.717, 1.165) is 25.0 Å². The van der Waals surface area contributed by atoms with Crippen molar-refractivity contribution in [2.45, 2.75) is 34.8 Å². The quantitative estimate of drug-likeness (QED) is 0.332. The number of aromatic nitrogens is 1. The normalized spacial score (nSPS) is 11.8. The molecule has 1 aromatic carbocycles. The Morgan fingerprint density at radius 3 is 2.60 bits per heavy atom. The number of halogens is 1. The third-order valence-electron chi connectivity index (χ3n) is 3.41. The molecule has 0 spiro atoms. The first-order chi connectivity index (χ1) is 12.0. The molecule has 0 amide bonds. The van der Waals surface area contributed by atoms with Crippen molar-refractivity contribution in [3.05, 3.63) is 48.5 Å². The highest BCUT2D eigenvalue weighted by Gasteiger charge is 2.29. The molecule has 132 valence electrons. The largest absolute Gasteiger partial charge is 0.459 e. The Labute approximate surface area is 149 Å². The lowest BCUT2D eigenvalue weighted by Gasteiger charge is -2.03. The first-order valence-electron chi connectivity index (χ1n) is 7.70. The molecule has 0 aliphatic carbocycles. The van der Waals surface area contributed by atoms with Crippen molar-refractivity contribution in [1.29, 1.82) is 0 Å². The van der Waals surface area contributed by atoms with E-state index >= 15 is 0 Å². The molecule has 25 heavy (non-hydrogen) atoms. The summed E-state index contributed by atoms with van der Waals surface area (Å²) in [5.74, 6) is 0.644. The fourth-order valence-corrected chi connectivity index (χ4v) is 4.71. The number of hydrogen-bond acceptors (Lipinski definition) is 6. The number of furan rings is 1. The van der Waals surface area contributed by atoms with E-state index < -0.39 is 15.7 Å². The Bertz CT molecular complexity index is 932. The molecule has 0 aliphatic rings. The molecule has 0 atom stereocenters. The molecule has 0 bridgehead atoms. The van der Waals surface area contributed by atoms with Crippen molar-refractivity contribution in [3.8, 4) is 11.7 Å². The second kappa shape index (κ2) is 7.45. The number of oxazole rings is 1. The van der Waals surface area contributed by atoms with Crippen LogP contribution in [-0.2, 0) is 9.84 Å². The molecule has 2 aromatic heterocycles. The van der Waals surface area contributed by atoms with E-state index in [2.05, 4.69) is 4.98 Å². The van der Waals surface area contributed by atoms with Gasteiger partial charge in [-0.05, 0) is 42.8 Å². The minimum absolute atomic E-state index is 0.0365. The summed E-state index contributed by atoms with van der Waals surface area (Å²) < 4.78 is 49.8. The first-order valence-corrected chi connectivity index (χ1v) is 10.2. The predicted molar refractivity (Wildman–Crippen MR) is 91.7 cm³/mol. The lowest BCUT2D eigenvalue weighted by molar-refractivity contribution is 0.451. The molecular weight excluding hydrogens is 365 g/mol. The van der Waals surface area contributed by atoms with Crippen molar-refractivity contribution in [1.82, 2.24) is 4.98 Å². The first kappa shape index (κ1) is 17.8. The van der Waals surface area contributed by atoms with Crippen molar-refractivity contribution < 1.29 is 21.6 Å². The number of nitrogens with zero attached hydrogens (tertiary/aromatic N) is 1. The van der Waals surface area contributed by atoms with E-state index in [1.807, 2.05) is 6.92 Å². The zero-order valence-corrected chi connectivity index (χ0v) is 15.1. The van der Waals surface area contributed by atoms with Crippen molar-refractivity contribution in [2.75, 3.05) is 5.75 Å². The van der Waals surface area contributed by atoms with Crippen molar-refractivity contribution in [3.63, 3.8) is 0 Å². The van der Waals surface area contributed by atoms with Crippen LogP contribution in [0.4, 0.5) is 4.39 Å². The average molecular weight is 381 g/mol. The highest BCUT2D eigenvalue weighted by molar-refractivity contribution is 8.00. The number of benzene rings is 1. The molecule has 0 aliphatic heterocycles. The van der Waals surface area contributed by atoms with Crippen LogP contribution in [0.3, 0.4) is 0 Å². The zero-order valence-electron chi connectivity index (χ0n) is 13.4. The molecule has 0 unspecified atom stereocenters. The van der Waals surface area contributed by atoms with Crippen LogP contribution in [0, 0.1) is 5.82 Å². The van der Waals surface area contributed by atoms with Crippen molar-refractivity contribution in [2.24, 2.45) is 0 Å². The van der Waals surface area contributed by atoms with E-state index in [0.29, 0.717) is 11.5 Å². The van der Waals surface area contributed by atoms with Crippen LogP contribution in [0.15, 0.2) is 66.5 Å². The summed E-state index contributed by atoms with van der Waals surface area (Å²) >= 11 is 1.29. The molecular formula is C17H16FNO4S2. The number of sulfone groups is 1. The lowest BCUT2D eigenvalue weighted by atomic mass is 10.4. The fourth-order valence-electron chi connectivity index (χ4n) is 2.09. The Balaban J connectivity index is 2.04. The van der Waals surface area contributed by atoms with Gasteiger partial charge in [0.05, 0.1) is 11.2 Å². The second-order valence-electron chi connectivity index (χ2n) is 5.25. The van der Waals surface area contributed by atoms with Gasteiger partial charge in [-0.25, -0.2) is 12.8 Å². The number of unbranched alkanes of at least 4 members (excludes halogenated alkanes) is 1. The molecule has 3 rings (SSSR count). The molecule has 0 N–H and O–H groups in total. The van der Waals surface area contributed by atoms with Gasteiger partial charge >= 0.3 is 0 Å². The maximum atomic E-state index is 13.1. The van der Waals surface area contributed by atoms with Crippen LogP contribution >= 0.6 is 11.8 Å². The van der Waals surface area contributed by atoms with Gasteiger partial charge < -0.3 is 8.83 Å². The van der Waals surface area contributed by atoms with Crippen LogP contribution in [0.2, 0.25) is 0 Å². The Morgan fingerprint density at radius 1 is 1.20 bits per heavy atom. The average Bonchev–Trinajstić information content (AvgIpc) is 3.25. The summed E-state index contributed by atoms with van der Waals surface area (Å²) in [4.78, 5) is 4.10. The molecule has 2 heterocycles. The molecule has 5 nitrogen and oxygen atoms in total. The molecule has 0 radical (unpaired) electrons. The topological polar surface area (TPSA) is 73.3 Å². The van der Waals surface area contributed by atoms with E-state index in [-0.39, 0.29) is 20.9 Å². The van der Waals surface area contributed by atoms with Gasteiger partial charge in [0, 0.05) is 5.75 Å². The highest BCUT2D eigenvalue weighted by Crippen LogP contribution is 2.35. The van der Waals surface area contributed by atoms with Crippen LogP contribution in [0.5, 0.6) is 0 Å². The summed E-state index contributed by atoms with van der Waals surface area (Å²) in [7, 11) is -3.93. The van der Waals surface area contributed by atoms with Crippen LogP contribution in [-0.4, -0.2) is 19.2 Å². The van der Waals surface area contributed by atoms with E-state index in [1.54, 1.807) is 12.1 Å². The smallest absolute Gasteiger partial charge is 0.265 e. The monoisotopic (exact) mass is 381 g/mol. The van der Waals surface area contributed by atoms with Gasteiger partial charge in [0.2, 0.25) is 20.0 Å². The molecule has 0 fully saturated rings. The van der Waals surface area contributed by atoms with Gasteiger partial charge in [-0.3, -0.25) is 0 Å². The number of thioether (sulfide) groups is 1. The summed E-state index contributed by atoms with van der Waals surface area (Å²) in [5.41, 5.74) is 0. The fraction of sp³-hybridized carbons (Fsp3) is 0.235. The lowest BCUT2D eigenvalue weighted by Crippen LogP contribution is -2.04. The van der Waals surface area contributed by atoms with Crippen LogP contribution in [0.25, 0.3) is 11.7 Å². The van der Waals surface area contributed by atoms with Gasteiger partial charge in [0.1, 0.15) is 5.82 Å². The third-order valence-corrected chi connectivity index (χ3v) is 6.25. The van der Waals surface area contributed by atoms with Gasteiger partial charge in [0.25, 0.3) is 5.89 Å². The van der Waals surface area contributed by atoms with E-state index in [4.69, 9.17) is 8.83 Å². The maximum Gasteiger partial charge on any atom is 0.265 e. The summed E-state index contributed by atoms with van der Waals surface area (Å²) in [6.07, 6.45) is 3.35. The zero-order chi connectivity index (χ0) is 17.9. The standard InChI is InChI=1S/C17H16FNO4S2/c1-2-3-11-24-17-16(19-15(23-17)14-5-4-10-22-14)25(20,21)13-8-6-12(18)7-9-13/h4-10H,2-3,11H2,1H3. The molecule has 8 heteroatoms. The minimum atomic E-state index is -3.93. The Kier molecular flexibility index (Phi) is 5.29. The maximum absolute atomic E-state index is 13.1. The molecule has 0 saturated heterocycles. The molecule has 3 aromatic rings. The van der Waals surface area contributed by atoms with Gasteiger partial charge in [-0.1, -0.05) is 25.1 Å². The summed E-state index contributed by atoms with van der Waals surface area (Å²) in [6, 6.07) is 7.94.